The molecule has 2 aromatic rings. The number of hydrogen-bond donors (Lipinski definition) is 1. The summed E-state index contributed by atoms with van der Waals surface area (Å²) in [6.07, 6.45) is 0. The maximum Gasteiger partial charge on any atom is 0.0441 e. The van der Waals surface area contributed by atoms with Crippen molar-refractivity contribution >= 4 is 23.6 Å². The third kappa shape index (κ3) is 2.40. The van der Waals surface area contributed by atoms with E-state index in [1.54, 1.807) is 0 Å². The molecule has 2 aromatic carbocycles. The van der Waals surface area contributed by atoms with Gasteiger partial charge in [0.15, 0.2) is 0 Å². The van der Waals surface area contributed by atoms with Gasteiger partial charge in [0.05, 0.1) is 0 Å². The zero-order valence-electron chi connectivity index (χ0n) is 8.77. The van der Waals surface area contributed by atoms with Crippen molar-refractivity contribution in [3.05, 3.63) is 53.1 Å². The minimum atomic E-state index is 0.752. The highest BCUT2D eigenvalue weighted by Gasteiger charge is 2.01. The van der Waals surface area contributed by atoms with E-state index in [1.807, 2.05) is 49.4 Å². The lowest BCUT2D eigenvalue weighted by atomic mass is 10.0. The van der Waals surface area contributed by atoms with Crippen molar-refractivity contribution in [1.29, 1.82) is 0 Å². The van der Waals surface area contributed by atoms with Crippen LogP contribution in [0.4, 0.5) is 0 Å². The summed E-state index contributed by atoms with van der Waals surface area (Å²) in [6, 6.07) is 13.7. The van der Waals surface area contributed by atoms with Crippen molar-refractivity contribution < 1.29 is 4.55 Å². The first-order valence-electron chi connectivity index (χ1n) is 4.89. The second-order valence-electron chi connectivity index (χ2n) is 3.58. The van der Waals surface area contributed by atoms with Gasteiger partial charge in [0.1, 0.15) is 0 Å². The van der Waals surface area contributed by atoms with Crippen molar-refractivity contribution in [3.8, 4) is 11.1 Å². The molecule has 0 saturated heterocycles. The maximum absolute atomic E-state index is 8.88. The molecule has 0 atom stereocenters. The molecule has 0 heterocycles. The van der Waals surface area contributed by atoms with E-state index < -0.39 is 0 Å². The Balaban J connectivity index is 2.38. The van der Waals surface area contributed by atoms with Crippen LogP contribution in [0.5, 0.6) is 0 Å². The van der Waals surface area contributed by atoms with E-state index >= 15 is 0 Å². The molecule has 0 radical (unpaired) electrons. The van der Waals surface area contributed by atoms with Crippen molar-refractivity contribution in [1.82, 2.24) is 0 Å². The molecule has 82 valence electrons. The van der Waals surface area contributed by atoms with E-state index in [0.717, 1.165) is 38.7 Å². The first kappa shape index (κ1) is 11.5. The lowest BCUT2D eigenvalue weighted by molar-refractivity contribution is 0.664. The highest BCUT2D eigenvalue weighted by atomic mass is 35.5. The Kier molecular flexibility index (Phi) is 3.54. The second kappa shape index (κ2) is 4.91. The Morgan fingerprint density at radius 1 is 1.00 bits per heavy atom. The SMILES string of the molecule is Cc1ccc(-c2ccc(SO)cc2)cc1Cl. The van der Waals surface area contributed by atoms with Crippen LogP contribution in [0, 0.1) is 6.92 Å². The Morgan fingerprint density at radius 3 is 2.19 bits per heavy atom. The summed E-state index contributed by atoms with van der Waals surface area (Å²) in [5, 5.41) is 0.776. The third-order valence-electron chi connectivity index (χ3n) is 2.46. The van der Waals surface area contributed by atoms with Crippen molar-refractivity contribution in [3.63, 3.8) is 0 Å². The van der Waals surface area contributed by atoms with Gasteiger partial charge in [0, 0.05) is 22.0 Å². The molecule has 0 aliphatic carbocycles. The first-order chi connectivity index (χ1) is 7.70. The molecule has 1 nitrogen and oxygen atoms in total. The molecule has 2 rings (SSSR count). The zero-order chi connectivity index (χ0) is 11.5. The van der Waals surface area contributed by atoms with Gasteiger partial charge >= 0.3 is 0 Å². The normalized spacial score (nSPS) is 10.4. The number of halogens is 1. The Labute approximate surface area is 104 Å². The number of aryl methyl sites for hydroxylation is 1. The van der Waals surface area contributed by atoms with Crippen molar-refractivity contribution in [2.45, 2.75) is 11.8 Å². The van der Waals surface area contributed by atoms with Gasteiger partial charge in [-0.25, -0.2) is 0 Å². The fourth-order valence-electron chi connectivity index (χ4n) is 1.48. The monoisotopic (exact) mass is 250 g/mol. The Hall–Kier alpha value is -0.960. The van der Waals surface area contributed by atoms with Gasteiger partial charge in [0.25, 0.3) is 0 Å². The van der Waals surface area contributed by atoms with Crippen LogP contribution in [0.3, 0.4) is 0 Å². The number of rotatable bonds is 2. The molecule has 3 heteroatoms. The summed E-state index contributed by atoms with van der Waals surface area (Å²) < 4.78 is 8.88. The van der Waals surface area contributed by atoms with Crippen LogP contribution in [0.25, 0.3) is 11.1 Å². The summed E-state index contributed by atoms with van der Waals surface area (Å²) in [7, 11) is 0. The number of hydrogen-bond acceptors (Lipinski definition) is 2. The quantitative estimate of drug-likeness (QED) is 0.767. The molecule has 0 aromatic heterocycles. The van der Waals surface area contributed by atoms with E-state index in [0.29, 0.717) is 0 Å². The van der Waals surface area contributed by atoms with Crippen molar-refractivity contribution in [2.24, 2.45) is 0 Å². The Bertz CT molecular complexity index is 494. The van der Waals surface area contributed by atoms with Crippen molar-refractivity contribution in [2.75, 3.05) is 0 Å². The van der Waals surface area contributed by atoms with E-state index in [-0.39, 0.29) is 0 Å². The summed E-state index contributed by atoms with van der Waals surface area (Å²) in [4.78, 5) is 0.835. The summed E-state index contributed by atoms with van der Waals surface area (Å²) >= 11 is 6.83. The minimum absolute atomic E-state index is 0.752. The van der Waals surface area contributed by atoms with E-state index in [9.17, 15) is 0 Å². The molecule has 0 fully saturated rings. The zero-order valence-corrected chi connectivity index (χ0v) is 10.3. The third-order valence-corrected chi connectivity index (χ3v) is 3.36. The van der Waals surface area contributed by atoms with Gasteiger partial charge in [-0.3, -0.25) is 0 Å². The molecule has 1 N–H and O–H groups in total. The van der Waals surface area contributed by atoms with Gasteiger partial charge in [-0.05, 0) is 41.8 Å². The Morgan fingerprint density at radius 2 is 1.62 bits per heavy atom. The predicted octanol–water partition coefficient (Wildman–Crippen LogP) is 4.88. The second-order valence-corrected chi connectivity index (χ2v) is 4.64. The average Bonchev–Trinajstić information content (AvgIpc) is 2.33. The lowest BCUT2D eigenvalue weighted by Crippen LogP contribution is -1.80. The summed E-state index contributed by atoms with van der Waals surface area (Å²) in [5.74, 6) is 0. The molecule has 0 spiro atoms. The van der Waals surface area contributed by atoms with Crippen LogP contribution in [0.2, 0.25) is 5.02 Å². The minimum Gasteiger partial charge on any atom is -0.325 e. The van der Waals surface area contributed by atoms with Gasteiger partial charge < -0.3 is 4.55 Å². The molecule has 0 unspecified atom stereocenters. The molecule has 0 amide bonds. The van der Waals surface area contributed by atoms with Gasteiger partial charge in [-0.1, -0.05) is 35.9 Å². The largest absolute Gasteiger partial charge is 0.325 e. The van der Waals surface area contributed by atoms with E-state index in [2.05, 4.69) is 0 Å². The highest BCUT2D eigenvalue weighted by Crippen LogP contribution is 2.26. The molecule has 0 aliphatic rings. The molecular formula is C13H11ClOS. The van der Waals surface area contributed by atoms with E-state index in [1.165, 1.54) is 0 Å². The van der Waals surface area contributed by atoms with Crippen LogP contribution in [-0.4, -0.2) is 4.55 Å². The summed E-state index contributed by atoms with van der Waals surface area (Å²) in [5.41, 5.74) is 3.26. The van der Waals surface area contributed by atoms with Crippen LogP contribution in [0.15, 0.2) is 47.4 Å². The standard InChI is InChI=1S/C13H11ClOS/c1-9-2-3-11(8-13(9)14)10-4-6-12(16-15)7-5-10/h2-8,15H,1H3. The van der Waals surface area contributed by atoms with Crippen LogP contribution in [0.1, 0.15) is 5.56 Å². The smallest absolute Gasteiger partial charge is 0.0441 e. The molecular weight excluding hydrogens is 240 g/mol. The lowest BCUT2D eigenvalue weighted by Gasteiger charge is -2.04. The molecule has 0 saturated carbocycles. The highest BCUT2D eigenvalue weighted by molar-refractivity contribution is 7.93. The first-order valence-corrected chi connectivity index (χ1v) is 6.04. The van der Waals surface area contributed by atoms with Crippen LogP contribution < -0.4 is 0 Å². The molecule has 16 heavy (non-hydrogen) atoms. The topological polar surface area (TPSA) is 20.2 Å². The van der Waals surface area contributed by atoms with Crippen LogP contribution in [-0.2, 0) is 0 Å². The fraction of sp³-hybridized carbons (Fsp3) is 0.0769. The number of benzene rings is 2. The average molecular weight is 251 g/mol. The van der Waals surface area contributed by atoms with Gasteiger partial charge in [-0.2, -0.15) is 0 Å². The molecule has 0 aliphatic heterocycles. The summed E-state index contributed by atoms with van der Waals surface area (Å²) in [6.45, 7) is 1.98. The molecule has 0 bridgehead atoms. The van der Waals surface area contributed by atoms with Gasteiger partial charge in [0.2, 0.25) is 0 Å². The van der Waals surface area contributed by atoms with Gasteiger partial charge in [-0.15, -0.1) is 0 Å². The fourth-order valence-corrected chi connectivity index (χ4v) is 1.92. The predicted molar refractivity (Wildman–Crippen MR) is 70.1 cm³/mol. The maximum atomic E-state index is 8.88. The van der Waals surface area contributed by atoms with Crippen LogP contribution >= 0.6 is 23.6 Å². The van der Waals surface area contributed by atoms with E-state index in [4.69, 9.17) is 16.2 Å².